The Bertz CT molecular complexity index is 159. The van der Waals surface area contributed by atoms with Gasteiger partial charge in [-0.1, -0.05) is 96.5 Å². The van der Waals surface area contributed by atoms with Gasteiger partial charge >= 0.3 is 17.1 Å². The molecule has 0 aromatic heterocycles. The summed E-state index contributed by atoms with van der Waals surface area (Å²) >= 11 is 0. The van der Waals surface area contributed by atoms with Crippen LogP contribution in [0.1, 0.15) is 103 Å². The standard InChI is InChI=1S/C18H36.Cu.S/c1-3-5-7-9-11-13-15-17-18-16-14-12-10-8-6-4-2;;/h3H,1,4-18H2,2H3;;/q;+2;-2. The van der Waals surface area contributed by atoms with E-state index in [1.165, 1.54) is 96.3 Å². The maximum atomic E-state index is 3.76. The van der Waals surface area contributed by atoms with Crippen LogP contribution in [0.3, 0.4) is 0 Å². The van der Waals surface area contributed by atoms with Gasteiger partial charge in [0.2, 0.25) is 0 Å². The first-order chi connectivity index (χ1) is 8.91. The number of allylic oxidation sites excluding steroid dienone is 1. The third-order valence-corrected chi connectivity index (χ3v) is 3.76. The number of rotatable bonds is 15. The predicted molar refractivity (Wildman–Crippen MR) is 92.5 cm³/mol. The van der Waals surface area contributed by atoms with E-state index in [0.717, 1.165) is 0 Å². The van der Waals surface area contributed by atoms with Gasteiger partial charge in [-0.15, -0.1) is 6.58 Å². The Hall–Kier alpha value is 0.609. The summed E-state index contributed by atoms with van der Waals surface area (Å²) < 4.78 is 0. The Kier molecular flexibility index (Phi) is 31.5. The molecule has 0 N–H and O–H groups in total. The molecule has 2 heteroatoms. The molecule has 1 radical (unpaired) electrons. The van der Waals surface area contributed by atoms with Crippen LogP contribution in [0.2, 0.25) is 0 Å². The van der Waals surface area contributed by atoms with Gasteiger partial charge in [-0.05, 0) is 12.8 Å². The first-order valence-corrected chi connectivity index (χ1v) is 8.52. The first kappa shape index (κ1) is 25.6. The molecule has 0 aromatic rings. The van der Waals surface area contributed by atoms with Gasteiger partial charge in [0.05, 0.1) is 0 Å². The molecule has 0 aliphatic carbocycles. The zero-order chi connectivity index (χ0) is 13.3. The summed E-state index contributed by atoms with van der Waals surface area (Å²) in [6.07, 6.45) is 23.5. The molecule has 0 heterocycles. The Balaban J connectivity index is -0.00000144. The van der Waals surface area contributed by atoms with Crippen LogP contribution in [0.25, 0.3) is 0 Å². The number of hydrogen-bond donors (Lipinski definition) is 0. The van der Waals surface area contributed by atoms with Crippen molar-refractivity contribution in [1.82, 2.24) is 0 Å². The molecule has 20 heavy (non-hydrogen) atoms. The first-order valence-electron chi connectivity index (χ1n) is 8.52. The predicted octanol–water partition coefficient (Wildman–Crippen LogP) is 7.04. The van der Waals surface area contributed by atoms with Crippen molar-refractivity contribution in [2.24, 2.45) is 0 Å². The van der Waals surface area contributed by atoms with Crippen molar-refractivity contribution in [3.05, 3.63) is 12.7 Å². The molecule has 0 atom stereocenters. The molecule has 0 spiro atoms. The van der Waals surface area contributed by atoms with Crippen molar-refractivity contribution in [3.8, 4) is 0 Å². The average Bonchev–Trinajstić information content (AvgIpc) is 2.39. The van der Waals surface area contributed by atoms with Gasteiger partial charge in [0.15, 0.2) is 0 Å². The third-order valence-electron chi connectivity index (χ3n) is 3.76. The molecule has 0 aliphatic heterocycles. The fourth-order valence-corrected chi connectivity index (χ4v) is 2.48. The van der Waals surface area contributed by atoms with Crippen molar-refractivity contribution < 1.29 is 17.1 Å². The van der Waals surface area contributed by atoms with E-state index >= 15 is 0 Å². The summed E-state index contributed by atoms with van der Waals surface area (Å²) in [5.74, 6) is 0. The van der Waals surface area contributed by atoms with Gasteiger partial charge < -0.3 is 13.5 Å². The molecule has 0 saturated heterocycles. The van der Waals surface area contributed by atoms with Crippen LogP contribution in [0.15, 0.2) is 12.7 Å². The minimum absolute atomic E-state index is 0. The molecule has 0 aliphatic rings. The Morgan fingerprint density at radius 3 is 1.20 bits per heavy atom. The second kappa shape index (κ2) is 24.6. The monoisotopic (exact) mass is 347 g/mol. The van der Waals surface area contributed by atoms with E-state index in [2.05, 4.69) is 13.5 Å². The van der Waals surface area contributed by atoms with Crippen LogP contribution in [0.5, 0.6) is 0 Å². The van der Waals surface area contributed by atoms with Crippen LogP contribution in [0.4, 0.5) is 0 Å². The molecule has 0 rings (SSSR count). The number of unbranched alkanes of at least 4 members (excludes halogenated alkanes) is 14. The van der Waals surface area contributed by atoms with Gasteiger partial charge in [-0.3, -0.25) is 0 Å². The number of hydrogen-bond acceptors (Lipinski definition) is 0. The average molecular weight is 348 g/mol. The smallest absolute Gasteiger partial charge is 2.00 e. The maximum absolute atomic E-state index is 3.76. The van der Waals surface area contributed by atoms with E-state index in [4.69, 9.17) is 0 Å². The van der Waals surface area contributed by atoms with Crippen molar-refractivity contribution >= 4 is 13.5 Å². The quantitative estimate of drug-likeness (QED) is 0.169. The minimum Gasteiger partial charge on any atom is -2.00 e. The second-order valence-corrected chi connectivity index (χ2v) is 5.67. The van der Waals surface area contributed by atoms with Gasteiger partial charge in [-0.25, -0.2) is 0 Å². The summed E-state index contributed by atoms with van der Waals surface area (Å²) in [7, 11) is 0. The summed E-state index contributed by atoms with van der Waals surface area (Å²) in [5, 5.41) is 0. The normalized spacial score (nSPS) is 9.65. The van der Waals surface area contributed by atoms with E-state index in [-0.39, 0.29) is 30.6 Å². The zero-order valence-corrected chi connectivity index (χ0v) is 15.4. The van der Waals surface area contributed by atoms with Crippen LogP contribution in [0, 0.1) is 0 Å². The van der Waals surface area contributed by atoms with Crippen molar-refractivity contribution in [2.75, 3.05) is 0 Å². The van der Waals surface area contributed by atoms with Gasteiger partial charge in [0, 0.05) is 0 Å². The van der Waals surface area contributed by atoms with Crippen LogP contribution >= 0.6 is 0 Å². The van der Waals surface area contributed by atoms with Crippen molar-refractivity contribution in [3.63, 3.8) is 0 Å². The van der Waals surface area contributed by atoms with Crippen LogP contribution in [-0.2, 0) is 30.6 Å². The fourth-order valence-electron chi connectivity index (χ4n) is 2.48. The summed E-state index contributed by atoms with van der Waals surface area (Å²) in [5.41, 5.74) is 0. The molecule has 0 aromatic carbocycles. The molecule has 0 unspecified atom stereocenters. The molecule has 0 fully saturated rings. The molecular formula is C18H36CuS. The minimum atomic E-state index is 0. The van der Waals surface area contributed by atoms with Crippen molar-refractivity contribution in [2.45, 2.75) is 103 Å². The second-order valence-electron chi connectivity index (χ2n) is 5.67. The summed E-state index contributed by atoms with van der Waals surface area (Å²) in [4.78, 5) is 0. The summed E-state index contributed by atoms with van der Waals surface area (Å²) in [6, 6.07) is 0. The molecule has 0 nitrogen and oxygen atoms in total. The van der Waals surface area contributed by atoms with E-state index in [1.807, 2.05) is 6.08 Å². The van der Waals surface area contributed by atoms with Gasteiger partial charge in [0.1, 0.15) is 0 Å². The molecule has 0 saturated carbocycles. The summed E-state index contributed by atoms with van der Waals surface area (Å²) in [6.45, 7) is 6.05. The fraction of sp³-hybridized carbons (Fsp3) is 0.889. The van der Waals surface area contributed by atoms with Gasteiger partial charge in [0.25, 0.3) is 0 Å². The Morgan fingerprint density at radius 2 is 0.900 bits per heavy atom. The van der Waals surface area contributed by atoms with Crippen molar-refractivity contribution in [1.29, 1.82) is 0 Å². The SMILES string of the molecule is C=CCCCCCCCCCCCCCCCC.[Cu+2].[S-2]. The molecule has 125 valence electrons. The van der Waals surface area contributed by atoms with Gasteiger partial charge in [-0.2, -0.15) is 0 Å². The Morgan fingerprint density at radius 1 is 0.600 bits per heavy atom. The topological polar surface area (TPSA) is 0 Å². The zero-order valence-electron chi connectivity index (χ0n) is 13.6. The molecule has 0 bridgehead atoms. The Labute approximate surface area is 146 Å². The van der Waals surface area contributed by atoms with E-state index in [9.17, 15) is 0 Å². The third kappa shape index (κ3) is 23.7. The van der Waals surface area contributed by atoms with Crippen LogP contribution in [-0.4, -0.2) is 0 Å². The maximum Gasteiger partial charge on any atom is 2.00 e. The van der Waals surface area contributed by atoms with E-state index < -0.39 is 0 Å². The van der Waals surface area contributed by atoms with E-state index in [0.29, 0.717) is 0 Å². The molecule has 0 amide bonds. The largest absolute Gasteiger partial charge is 2.00 e. The molecular weight excluding hydrogens is 312 g/mol. The van der Waals surface area contributed by atoms with Crippen LogP contribution < -0.4 is 0 Å². The van der Waals surface area contributed by atoms with E-state index in [1.54, 1.807) is 0 Å².